The molecule has 0 aromatic heterocycles. The Morgan fingerprint density at radius 2 is 2.06 bits per heavy atom. The molecule has 0 aliphatic carbocycles. The van der Waals surface area contributed by atoms with Gasteiger partial charge in [0.2, 0.25) is 0 Å². The van der Waals surface area contributed by atoms with E-state index in [1.165, 1.54) is 6.07 Å². The lowest BCUT2D eigenvalue weighted by Gasteiger charge is -2.24. The number of carboxylic acid groups (broad SMARTS) is 1. The summed E-state index contributed by atoms with van der Waals surface area (Å²) in [7, 11) is 0. The minimum atomic E-state index is -0.971. The fourth-order valence-corrected chi connectivity index (χ4v) is 1.46. The van der Waals surface area contributed by atoms with Crippen LogP contribution >= 0.6 is 0 Å². The molecule has 0 bridgehead atoms. The van der Waals surface area contributed by atoms with Crippen molar-refractivity contribution in [3.8, 4) is 0 Å². The predicted molar refractivity (Wildman–Crippen MR) is 59.5 cm³/mol. The van der Waals surface area contributed by atoms with E-state index >= 15 is 0 Å². The fourth-order valence-electron chi connectivity index (χ4n) is 1.46. The van der Waals surface area contributed by atoms with Crippen LogP contribution in [-0.2, 0) is 11.3 Å². The Morgan fingerprint density at radius 1 is 1.41 bits per heavy atom. The topological polar surface area (TPSA) is 40.5 Å². The van der Waals surface area contributed by atoms with Gasteiger partial charge in [0.25, 0.3) is 0 Å². The third kappa shape index (κ3) is 4.11. The van der Waals surface area contributed by atoms with Gasteiger partial charge in [-0.2, -0.15) is 0 Å². The molecule has 0 aliphatic heterocycles. The van der Waals surface area contributed by atoms with Crippen LogP contribution in [0.2, 0.25) is 0 Å². The maximum Gasteiger partial charge on any atom is 0.317 e. The molecule has 1 aromatic rings. The quantitative estimate of drug-likeness (QED) is 0.862. The Hall–Kier alpha value is -1.49. The lowest BCUT2D eigenvalue weighted by Crippen LogP contribution is -2.35. The minimum absolute atomic E-state index is 0.0319. The summed E-state index contributed by atoms with van der Waals surface area (Å²) in [6, 6.07) is 3.27. The fraction of sp³-hybridized carbons (Fsp3) is 0.417. The second kappa shape index (κ2) is 5.72. The van der Waals surface area contributed by atoms with Crippen LogP contribution in [0.25, 0.3) is 0 Å². The van der Waals surface area contributed by atoms with Gasteiger partial charge in [0, 0.05) is 24.2 Å². The van der Waals surface area contributed by atoms with Crippen LogP contribution in [0.1, 0.15) is 19.4 Å². The van der Waals surface area contributed by atoms with E-state index in [0.717, 1.165) is 12.1 Å². The molecule has 3 nitrogen and oxygen atoms in total. The summed E-state index contributed by atoms with van der Waals surface area (Å²) in [6.45, 7) is 3.62. The van der Waals surface area contributed by atoms with Crippen molar-refractivity contribution in [1.29, 1.82) is 0 Å². The molecule has 0 fully saturated rings. The van der Waals surface area contributed by atoms with E-state index in [2.05, 4.69) is 0 Å². The summed E-state index contributed by atoms with van der Waals surface area (Å²) in [5.41, 5.74) is 0.293. The third-order valence-corrected chi connectivity index (χ3v) is 2.46. The number of benzene rings is 1. The molecule has 0 unspecified atom stereocenters. The molecule has 17 heavy (non-hydrogen) atoms. The predicted octanol–water partition coefficient (Wildman–Crippen LogP) is 2.26. The van der Waals surface area contributed by atoms with Crippen molar-refractivity contribution < 1.29 is 18.7 Å². The first-order valence-corrected chi connectivity index (χ1v) is 5.30. The monoisotopic (exact) mass is 243 g/mol. The number of nitrogens with zero attached hydrogens (tertiary/aromatic N) is 1. The zero-order valence-corrected chi connectivity index (χ0v) is 9.78. The SMILES string of the molecule is CC(C)N(CC(=O)O)Cc1ccc(F)cc1F. The first-order valence-electron chi connectivity index (χ1n) is 5.30. The third-order valence-electron chi connectivity index (χ3n) is 2.46. The average Bonchev–Trinajstić information content (AvgIpc) is 2.19. The molecular weight excluding hydrogens is 228 g/mol. The van der Waals surface area contributed by atoms with Crippen molar-refractivity contribution in [2.24, 2.45) is 0 Å². The first-order chi connectivity index (χ1) is 7.90. The highest BCUT2D eigenvalue weighted by atomic mass is 19.1. The van der Waals surface area contributed by atoms with E-state index in [-0.39, 0.29) is 19.1 Å². The lowest BCUT2D eigenvalue weighted by atomic mass is 10.1. The highest BCUT2D eigenvalue weighted by Gasteiger charge is 2.15. The number of carboxylic acids is 1. The second-order valence-electron chi connectivity index (χ2n) is 4.13. The molecule has 94 valence electrons. The first kappa shape index (κ1) is 13.6. The van der Waals surface area contributed by atoms with Gasteiger partial charge in [0.05, 0.1) is 6.54 Å². The standard InChI is InChI=1S/C12H15F2NO2/c1-8(2)15(7-12(16)17)6-9-3-4-10(13)5-11(9)14/h3-5,8H,6-7H2,1-2H3,(H,16,17). The van der Waals surface area contributed by atoms with E-state index in [1.54, 1.807) is 4.90 Å². The average molecular weight is 243 g/mol. The molecule has 1 aromatic carbocycles. The highest BCUT2D eigenvalue weighted by Crippen LogP contribution is 2.13. The van der Waals surface area contributed by atoms with Gasteiger partial charge in [0.15, 0.2) is 0 Å². The smallest absolute Gasteiger partial charge is 0.317 e. The molecule has 0 aliphatic rings. The number of hydrogen-bond donors (Lipinski definition) is 1. The summed E-state index contributed by atoms with van der Waals surface area (Å²) in [5.74, 6) is -2.26. The van der Waals surface area contributed by atoms with E-state index in [0.29, 0.717) is 5.56 Å². The van der Waals surface area contributed by atoms with Crippen molar-refractivity contribution in [1.82, 2.24) is 4.90 Å². The van der Waals surface area contributed by atoms with Gasteiger partial charge in [-0.25, -0.2) is 8.78 Å². The normalized spacial score (nSPS) is 11.2. The van der Waals surface area contributed by atoms with Crippen LogP contribution in [0.15, 0.2) is 18.2 Å². The summed E-state index contributed by atoms with van der Waals surface area (Å²) in [6.07, 6.45) is 0. The Balaban J connectivity index is 2.82. The Bertz CT molecular complexity index is 407. The number of halogens is 2. The highest BCUT2D eigenvalue weighted by molar-refractivity contribution is 5.69. The molecule has 0 spiro atoms. The number of rotatable bonds is 5. The van der Waals surface area contributed by atoms with Crippen molar-refractivity contribution in [2.45, 2.75) is 26.4 Å². The van der Waals surface area contributed by atoms with Crippen LogP contribution in [-0.4, -0.2) is 28.6 Å². The van der Waals surface area contributed by atoms with Crippen LogP contribution in [0, 0.1) is 11.6 Å². The molecular formula is C12H15F2NO2. The van der Waals surface area contributed by atoms with Crippen LogP contribution in [0.4, 0.5) is 8.78 Å². The minimum Gasteiger partial charge on any atom is -0.480 e. The summed E-state index contributed by atoms with van der Waals surface area (Å²) in [4.78, 5) is 12.2. The van der Waals surface area contributed by atoms with Gasteiger partial charge in [-0.05, 0) is 19.9 Å². The molecule has 1 N–H and O–H groups in total. The van der Waals surface area contributed by atoms with Gasteiger partial charge in [-0.15, -0.1) is 0 Å². The lowest BCUT2D eigenvalue weighted by molar-refractivity contribution is -0.139. The van der Waals surface area contributed by atoms with Gasteiger partial charge < -0.3 is 5.11 Å². The number of carbonyl (C=O) groups is 1. The van der Waals surface area contributed by atoms with Gasteiger partial charge in [-0.1, -0.05) is 6.07 Å². The Kier molecular flexibility index (Phi) is 4.57. The molecule has 0 atom stereocenters. The summed E-state index contributed by atoms with van der Waals surface area (Å²) in [5, 5.41) is 8.73. The molecule has 0 saturated carbocycles. The van der Waals surface area contributed by atoms with E-state index in [4.69, 9.17) is 5.11 Å². The van der Waals surface area contributed by atoms with Crippen molar-refractivity contribution in [2.75, 3.05) is 6.54 Å². The molecule has 0 amide bonds. The number of aliphatic carboxylic acids is 1. The largest absolute Gasteiger partial charge is 0.480 e. The molecule has 0 radical (unpaired) electrons. The maximum atomic E-state index is 13.4. The van der Waals surface area contributed by atoms with Crippen LogP contribution in [0.5, 0.6) is 0 Å². The maximum absolute atomic E-state index is 13.4. The van der Waals surface area contributed by atoms with E-state index < -0.39 is 17.6 Å². The number of hydrogen-bond acceptors (Lipinski definition) is 2. The van der Waals surface area contributed by atoms with E-state index in [1.807, 2.05) is 13.8 Å². The van der Waals surface area contributed by atoms with Crippen molar-refractivity contribution in [3.63, 3.8) is 0 Å². The Labute approximate surface area is 98.7 Å². The molecule has 5 heteroatoms. The van der Waals surface area contributed by atoms with Crippen LogP contribution in [0.3, 0.4) is 0 Å². The van der Waals surface area contributed by atoms with Gasteiger partial charge >= 0.3 is 5.97 Å². The van der Waals surface area contributed by atoms with Gasteiger partial charge in [0.1, 0.15) is 11.6 Å². The molecule has 0 heterocycles. The van der Waals surface area contributed by atoms with Crippen molar-refractivity contribution in [3.05, 3.63) is 35.4 Å². The zero-order valence-electron chi connectivity index (χ0n) is 9.78. The van der Waals surface area contributed by atoms with E-state index in [9.17, 15) is 13.6 Å². The molecule has 1 rings (SSSR count). The zero-order chi connectivity index (χ0) is 13.0. The molecule has 0 saturated heterocycles. The van der Waals surface area contributed by atoms with Crippen LogP contribution < -0.4 is 0 Å². The van der Waals surface area contributed by atoms with Crippen molar-refractivity contribution >= 4 is 5.97 Å². The summed E-state index contributed by atoms with van der Waals surface area (Å²) < 4.78 is 26.1. The van der Waals surface area contributed by atoms with Gasteiger partial charge in [-0.3, -0.25) is 9.69 Å². The summed E-state index contributed by atoms with van der Waals surface area (Å²) >= 11 is 0. The second-order valence-corrected chi connectivity index (χ2v) is 4.13. The Morgan fingerprint density at radius 3 is 2.53 bits per heavy atom.